The van der Waals surface area contributed by atoms with Crippen molar-refractivity contribution in [3.63, 3.8) is 0 Å². The van der Waals surface area contributed by atoms with E-state index in [1.807, 2.05) is 32.0 Å². The van der Waals surface area contributed by atoms with Crippen molar-refractivity contribution in [2.45, 2.75) is 26.4 Å². The number of anilines is 1. The number of hydrogen-bond acceptors (Lipinski definition) is 3. The van der Waals surface area contributed by atoms with E-state index in [0.29, 0.717) is 19.6 Å². The molecular weight excluding hydrogens is 230 g/mol. The zero-order valence-electron chi connectivity index (χ0n) is 10.8. The maximum absolute atomic E-state index is 12.3. The summed E-state index contributed by atoms with van der Waals surface area (Å²) in [6.45, 7) is 5.12. The second kappa shape index (κ2) is 5.50. The smallest absolute Gasteiger partial charge is 0.256 e. The predicted octanol–water partition coefficient (Wildman–Crippen LogP) is 1.42. The average Bonchev–Trinajstić information content (AvgIpc) is 2.36. The first kappa shape index (κ1) is 13.1. The Balaban J connectivity index is 2.27. The summed E-state index contributed by atoms with van der Waals surface area (Å²) in [4.78, 5) is 14.0. The van der Waals surface area contributed by atoms with Gasteiger partial charge in [0.15, 0.2) is 0 Å². The largest absolute Gasteiger partial charge is 0.396 e. The molecule has 1 saturated heterocycles. The van der Waals surface area contributed by atoms with Crippen LogP contribution in [0, 0.1) is 13.8 Å². The molecule has 1 heterocycles. The summed E-state index contributed by atoms with van der Waals surface area (Å²) < 4.78 is 5.40. The van der Waals surface area contributed by atoms with Gasteiger partial charge in [-0.05, 0) is 31.0 Å². The first-order valence-electron chi connectivity index (χ1n) is 6.25. The summed E-state index contributed by atoms with van der Waals surface area (Å²) >= 11 is 0. The van der Waals surface area contributed by atoms with Crippen molar-refractivity contribution in [2.75, 3.05) is 24.7 Å². The van der Waals surface area contributed by atoms with E-state index >= 15 is 0 Å². The van der Waals surface area contributed by atoms with Crippen LogP contribution < -0.4 is 4.90 Å². The first-order valence-corrected chi connectivity index (χ1v) is 6.25. The SMILES string of the molecule is Cc1cccc(N2CCOC(CCO)C2=O)c1C. The van der Waals surface area contributed by atoms with E-state index in [1.165, 1.54) is 5.56 Å². The minimum atomic E-state index is -0.510. The van der Waals surface area contributed by atoms with Gasteiger partial charge in [-0.1, -0.05) is 12.1 Å². The van der Waals surface area contributed by atoms with E-state index in [1.54, 1.807) is 4.90 Å². The molecule has 0 radical (unpaired) electrons. The van der Waals surface area contributed by atoms with Crippen molar-refractivity contribution in [2.24, 2.45) is 0 Å². The Morgan fingerprint density at radius 3 is 2.94 bits per heavy atom. The summed E-state index contributed by atoms with van der Waals surface area (Å²) in [5, 5.41) is 8.94. The second-order valence-electron chi connectivity index (χ2n) is 4.58. The van der Waals surface area contributed by atoms with Crippen LogP contribution in [0.1, 0.15) is 17.5 Å². The van der Waals surface area contributed by atoms with Gasteiger partial charge in [-0.15, -0.1) is 0 Å². The van der Waals surface area contributed by atoms with Crippen LogP contribution in [0.2, 0.25) is 0 Å². The molecule has 1 aliphatic rings. The highest BCUT2D eigenvalue weighted by molar-refractivity contribution is 5.97. The molecule has 1 fully saturated rings. The van der Waals surface area contributed by atoms with Crippen LogP contribution in [0.25, 0.3) is 0 Å². The van der Waals surface area contributed by atoms with Crippen molar-refractivity contribution in [3.05, 3.63) is 29.3 Å². The van der Waals surface area contributed by atoms with Crippen LogP contribution in [-0.4, -0.2) is 36.9 Å². The number of aliphatic hydroxyl groups excluding tert-OH is 1. The monoisotopic (exact) mass is 249 g/mol. The molecule has 2 rings (SSSR count). The van der Waals surface area contributed by atoms with Crippen molar-refractivity contribution in [1.29, 1.82) is 0 Å². The Kier molecular flexibility index (Phi) is 3.99. The topological polar surface area (TPSA) is 49.8 Å². The fourth-order valence-electron chi connectivity index (χ4n) is 2.23. The number of aliphatic hydroxyl groups is 1. The average molecular weight is 249 g/mol. The Labute approximate surface area is 107 Å². The Morgan fingerprint density at radius 1 is 1.44 bits per heavy atom. The van der Waals surface area contributed by atoms with Gasteiger partial charge in [0.2, 0.25) is 0 Å². The maximum atomic E-state index is 12.3. The number of amides is 1. The number of benzene rings is 1. The lowest BCUT2D eigenvalue weighted by Crippen LogP contribution is -2.48. The molecule has 1 amide bonds. The maximum Gasteiger partial charge on any atom is 0.256 e. The van der Waals surface area contributed by atoms with Gasteiger partial charge in [0.1, 0.15) is 6.10 Å². The van der Waals surface area contributed by atoms with Gasteiger partial charge in [-0.25, -0.2) is 0 Å². The van der Waals surface area contributed by atoms with Gasteiger partial charge in [-0.2, -0.15) is 0 Å². The first-order chi connectivity index (χ1) is 8.65. The number of rotatable bonds is 3. The van der Waals surface area contributed by atoms with Crippen LogP contribution in [0.4, 0.5) is 5.69 Å². The Hall–Kier alpha value is -1.39. The summed E-state index contributed by atoms with van der Waals surface area (Å²) in [6, 6.07) is 5.96. The van der Waals surface area contributed by atoms with Crippen molar-refractivity contribution in [1.82, 2.24) is 0 Å². The number of ether oxygens (including phenoxy) is 1. The molecule has 98 valence electrons. The molecule has 0 bridgehead atoms. The molecule has 0 aliphatic carbocycles. The van der Waals surface area contributed by atoms with Gasteiger partial charge in [0.05, 0.1) is 6.61 Å². The third kappa shape index (κ3) is 2.40. The van der Waals surface area contributed by atoms with Gasteiger partial charge in [-0.3, -0.25) is 4.79 Å². The predicted molar refractivity (Wildman–Crippen MR) is 69.7 cm³/mol. The van der Waals surface area contributed by atoms with Crippen molar-refractivity contribution < 1.29 is 14.6 Å². The van der Waals surface area contributed by atoms with Crippen LogP contribution in [0.5, 0.6) is 0 Å². The van der Waals surface area contributed by atoms with E-state index in [2.05, 4.69) is 0 Å². The standard InChI is InChI=1S/C14H19NO3/c1-10-4-3-5-12(11(10)2)15-7-9-18-13(6-8-16)14(15)17/h3-5,13,16H,6-9H2,1-2H3. The molecular formula is C14H19NO3. The molecule has 18 heavy (non-hydrogen) atoms. The molecule has 1 aliphatic heterocycles. The zero-order chi connectivity index (χ0) is 13.1. The lowest BCUT2D eigenvalue weighted by atomic mass is 10.1. The molecule has 0 aromatic heterocycles. The molecule has 4 nitrogen and oxygen atoms in total. The lowest BCUT2D eigenvalue weighted by Gasteiger charge is -2.33. The molecule has 0 spiro atoms. The summed E-state index contributed by atoms with van der Waals surface area (Å²) in [6.07, 6.45) is -0.149. The quantitative estimate of drug-likeness (QED) is 0.881. The van der Waals surface area contributed by atoms with Gasteiger partial charge < -0.3 is 14.7 Å². The molecule has 4 heteroatoms. The number of nitrogens with zero attached hydrogens (tertiary/aromatic N) is 1. The van der Waals surface area contributed by atoms with E-state index < -0.39 is 6.10 Å². The molecule has 0 saturated carbocycles. The molecule has 1 aromatic rings. The number of aryl methyl sites for hydroxylation is 1. The van der Waals surface area contributed by atoms with E-state index in [4.69, 9.17) is 9.84 Å². The van der Waals surface area contributed by atoms with Crippen LogP contribution >= 0.6 is 0 Å². The zero-order valence-corrected chi connectivity index (χ0v) is 10.8. The number of carbonyl (C=O) groups excluding carboxylic acids is 1. The highest BCUT2D eigenvalue weighted by Gasteiger charge is 2.30. The number of hydrogen-bond donors (Lipinski definition) is 1. The van der Waals surface area contributed by atoms with Crippen LogP contribution in [0.3, 0.4) is 0 Å². The van der Waals surface area contributed by atoms with E-state index in [9.17, 15) is 4.79 Å². The van der Waals surface area contributed by atoms with Crippen molar-refractivity contribution >= 4 is 11.6 Å². The minimum Gasteiger partial charge on any atom is -0.396 e. The Morgan fingerprint density at radius 2 is 2.22 bits per heavy atom. The fraction of sp³-hybridized carbons (Fsp3) is 0.500. The summed E-state index contributed by atoms with van der Waals surface area (Å²) in [5.74, 6) is -0.0519. The summed E-state index contributed by atoms with van der Waals surface area (Å²) in [7, 11) is 0. The highest BCUT2D eigenvalue weighted by Crippen LogP contribution is 2.25. The molecule has 1 unspecified atom stereocenters. The van der Waals surface area contributed by atoms with E-state index in [-0.39, 0.29) is 12.5 Å². The van der Waals surface area contributed by atoms with Gasteiger partial charge >= 0.3 is 0 Å². The fourth-order valence-corrected chi connectivity index (χ4v) is 2.23. The normalized spacial score (nSPS) is 20.3. The molecule has 1 atom stereocenters. The van der Waals surface area contributed by atoms with Crippen LogP contribution in [0.15, 0.2) is 18.2 Å². The van der Waals surface area contributed by atoms with Crippen molar-refractivity contribution in [3.8, 4) is 0 Å². The third-order valence-corrected chi connectivity index (χ3v) is 3.43. The lowest BCUT2D eigenvalue weighted by molar-refractivity contribution is -0.134. The highest BCUT2D eigenvalue weighted by atomic mass is 16.5. The minimum absolute atomic E-state index is 0.0307. The molecule has 1 N–H and O–H groups in total. The third-order valence-electron chi connectivity index (χ3n) is 3.43. The molecule has 1 aromatic carbocycles. The number of carbonyl (C=O) groups is 1. The van der Waals surface area contributed by atoms with Gasteiger partial charge in [0.25, 0.3) is 5.91 Å². The van der Waals surface area contributed by atoms with E-state index in [0.717, 1.165) is 11.3 Å². The Bertz CT molecular complexity index is 443. The van der Waals surface area contributed by atoms with Crippen LogP contribution in [-0.2, 0) is 9.53 Å². The second-order valence-corrected chi connectivity index (χ2v) is 4.58. The summed E-state index contributed by atoms with van der Waals surface area (Å²) in [5.41, 5.74) is 3.24. The van der Waals surface area contributed by atoms with Gasteiger partial charge in [0, 0.05) is 25.3 Å². The number of morpholine rings is 1.